The molecular formula is C21H31FN2O. The van der Waals surface area contributed by atoms with Crippen molar-refractivity contribution in [1.29, 1.82) is 0 Å². The summed E-state index contributed by atoms with van der Waals surface area (Å²) >= 11 is 0. The SMILES string of the molecule is C=C(CC(C)N1CCC(N(C(C)=O)c2ccc(F)cc2)CC1)C(C)C. The molecule has 2 rings (SSSR count). The molecule has 1 unspecified atom stereocenters. The van der Waals surface area contributed by atoms with Crippen molar-refractivity contribution >= 4 is 11.6 Å². The Labute approximate surface area is 151 Å². The predicted octanol–water partition coefficient (Wildman–Crippen LogP) is 4.63. The van der Waals surface area contributed by atoms with Crippen LogP contribution in [0.2, 0.25) is 0 Å². The maximum absolute atomic E-state index is 13.2. The highest BCUT2D eigenvalue weighted by Crippen LogP contribution is 2.26. The second-order valence-corrected chi connectivity index (χ2v) is 7.50. The first-order valence-corrected chi connectivity index (χ1v) is 9.26. The van der Waals surface area contributed by atoms with Crippen LogP contribution >= 0.6 is 0 Å². The molecule has 3 nitrogen and oxygen atoms in total. The summed E-state index contributed by atoms with van der Waals surface area (Å²) in [6.45, 7) is 14.4. The summed E-state index contributed by atoms with van der Waals surface area (Å²) in [5.74, 6) is 0.263. The zero-order valence-electron chi connectivity index (χ0n) is 16.0. The van der Waals surface area contributed by atoms with Crippen molar-refractivity contribution in [3.8, 4) is 0 Å². The van der Waals surface area contributed by atoms with Crippen molar-refractivity contribution in [2.75, 3.05) is 18.0 Å². The van der Waals surface area contributed by atoms with Gasteiger partial charge >= 0.3 is 0 Å². The number of benzene rings is 1. The number of carbonyl (C=O) groups is 1. The van der Waals surface area contributed by atoms with Crippen LogP contribution in [-0.4, -0.2) is 36.0 Å². The van der Waals surface area contributed by atoms with Gasteiger partial charge in [-0.2, -0.15) is 0 Å². The van der Waals surface area contributed by atoms with Crippen LogP contribution in [0.4, 0.5) is 10.1 Å². The van der Waals surface area contributed by atoms with Gasteiger partial charge in [0.15, 0.2) is 0 Å². The van der Waals surface area contributed by atoms with E-state index >= 15 is 0 Å². The number of piperidine rings is 1. The Morgan fingerprint density at radius 2 is 1.80 bits per heavy atom. The molecule has 1 fully saturated rings. The van der Waals surface area contributed by atoms with Gasteiger partial charge in [-0.15, -0.1) is 0 Å². The number of rotatable bonds is 6. The molecule has 1 aliphatic rings. The van der Waals surface area contributed by atoms with Crippen molar-refractivity contribution in [2.24, 2.45) is 5.92 Å². The Kier molecular flexibility index (Phi) is 6.77. The molecule has 0 radical (unpaired) electrons. The number of nitrogens with zero attached hydrogens (tertiary/aromatic N) is 2. The molecule has 25 heavy (non-hydrogen) atoms. The molecule has 1 heterocycles. The van der Waals surface area contributed by atoms with Crippen LogP contribution in [0.1, 0.15) is 47.0 Å². The summed E-state index contributed by atoms with van der Waals surface area (Å²) in [7, 11) is 0. The maximum atomic E-state index is 13.2. The minimum Gasteiger partial charge on any atom is -0.310 e. The number of hydrogen-bond acceptors (Lipinski definition) is 2. The lowest BCUT2D eigenvalue weighted by Crippen LogP contribution is -2.49. The highest BCUT2D eigenvalue weighted by Gasteiger charge is 2.29. The number of halogens is 1. The van der Waals surface area contributed by atoms with Gasteiger partial charge in [-0.05, 0) is 56.4 Å². The first kappa shape index (κ1) is 19.6. The van der Waals surface area contributed by atoms with Gasteiger partial charge in [-0.25, -0.2) is 4.39 Å². The fourth-order valence-electron chi connectivity index (χ4n) is 3.58. The fraction of sp³-hybridized carbons (Fsp3) is 0.571. The van der Waals surface area contributed by atoms with Gasteiger partial charge in [0.1, 0.15) is 5.82 Å². The number of carbonyl (C=O) groups excluding carboxylic acids is 1. The minimum absolute atomic E-state index is 0.0197. The Morgan fingerprint density at radius 1 is 1.24 bits per heavy atom. The van der Waals surface area contributed by atoms with Gasteiger partial charge in [0.2, 0.25) is 5.91 Å². The Morgan fingerprint density at radius 3 is 2.28 bits per heavy atom. The first-order valence-electron chi connectivity index (χ1n) is 9.26. The molecule has 0 aliphatic carbocycles. The predicted molar refractivity (Wildman–Crippen MR) is 102 cm³/mol. The van der Waals surface area contributed by atoms with Gasteiger partial charge in [-0.1, -0.05) is 26.0 Å². The van der Waals surface area contributed by atoms with E-state index in [4.69, 9.17) is 0 Å². The van der Waals surface area contributed by atoms with Gasteiger partial charge in [-0.3, -0.25) is 4.79 Å². The van der Waals surface area contributed by atoms with E-state index in [1.807, 2.05) is 4.90 Å². The monoisotopic (exact) mass is 346 g/mol. The summed E-state index contributed by atoms with van der Waals surface area (Å²) in [6.07, 6.45) is 2.90. The second-order valence-electron chi connectivity index (χ2n) is 7.50. The van der Waals surface area contributed by atoms with Crippen molar-refractivity contribution in [3.63, 3.8) is 0 Å². The molecule has 1 saturated heterocycles. The quantitative estimate of drug-likeness (QED) is 0.701. The lowest BCUT2D eigenvalue weighted by molar-refractivity contribution is -0.117. The van der Waals surface area contributed by atoms with Crippen LogP contribution in [0.5, 0.6) is 0 Å². The molecule has 0 saturated carbocycles. The smallest absolute Gasteiger partial charge is 0.224 e. The van der Waals surface area contributed by atoms with Crippen LogP contribution in [0.3, 0.4) is 0 Å². The summed E-state index contributed by atoms with van der Waals surface area (Å²) < 4.78 is 13.2. The molecule has 1 aromatic rings. The molecule has 0 bridgehead atoms. The molecular weight excluding hydrogens is 315 g/mol. The Balaban J connectivity index is 1.98. The molecule has 4 heteroatoms. The number of likely N-dealkylation sites (tertiary alicyclic amines) is 1. The second kappa shape index (κ2) is 8.61. The third-order valence-electron chi connectivity index (χ3n) is 5.31. The standard InChI is InChI=1S/C21H31FN2O/c1-15(2)16(3)14-17(4)23-12-10-21(11-13-23)24(18(5)25)20-8-6-19(22)7-9-20/h6-9,15,17,21H,3,10-14H2,1-2,4-5H3. The van der Waals surface area contributed by atoms with Crippen LogP contribution in [0, 0.1) is 11.7 Å². The van der Waals surface area contributed by atoms with E-state index < -0.39 is 0 Å². The van der Waals surface area contributed by atoms with Gasteiger partial charge in [0.05, 0.1) is 0 Å². The van der Waals surface area contributed by atoms with E-state index in [0.29, 0.717) is 12.0 Å². The number of hydrogen-bond donors (Lipinski definition) is 0. The topological polar surface area (TPSA) is 23.6 Å². The minimum atomic E-state index is -0.277. The van der Waals surface area contributed by atoms with Crippen LogP contribution in [0.25, 0.3) is 0 Å². The molecule has 1 amide bonds. The molecule has 0 N–H and O–H groups in total. The fourth-order valence-corrected chi connectivity index (χ4v) is 3.58. The van der Waals surface area contributed by atoms with E-state index in [1.165, 1.54) is 17.7 Å². The molecule has 0 spiro atoms. The summed E-state index contributed by atoms with van der Waals surface area (Å²) in [5, 5.41) is 0. The molecule has 0 aromatic heterocycles. The largest absolute Gasteiger partial charge is 0.310 e. The summed E-state index contributed by atoms with van der Waals surface area (Å²) in [6, 6.07) is 6.88. The van der Waals surface area contributed by atoms with Gasteiger partial charge in [0.25, 0.3) is 0 Å². The van der Waals surface area contributed by atoms with E-state index in [1.54, 1.807) is 19.1 Å². The van der Waals surface area contributed by atoms with Crippen molar-refractivity contribution < 1.29 is 9.18 Å². The third-order valence-corrected chi connectivity index (χ3v) is 5.31. The van der Waals surface area contributed by atoms with Crippen molar-refractivity contribution in [1.82, 2.24) is 4.90 Å². The van der Waals surface area contributed by atoms with Crippen LogP contribution < -0.4 is 4.90 Å². The summed E-state index contributed by atoms with van der Waals surface area (Å²) in [5.41, 5.74) is 2.08. The number of anilines is 1. The van der Waals surface area contributed by atoms with E-state index in [2.05, 4.69) is 32.3 Å². The highest BCUT2D eigenvalue weighted by molar-refractivity contribution is 5.92. The third kappa shape index (κ3) is 5.15. The zero-order valence-corrected chi connectivity index (χ0v) is 16.0. The average Bonchev–Trinajstić information content (AvgIpc) is 2.57. The molecule has 138 valence electrons. The highest BCUT2D eigenvalue weighted by atomic mass is 19.1. The molecule has 1 atom stereocenters. The van der Waals surface area contributed by atoms with Crippen molar-refractivity contribution in [2.45, 2.75) is 59.0 Å². The Hall–Kier alpha value is -1.68. The van der Waals surface area contributed by atoms with Gasteiger partial charge in [0, 0.05) is 37.8 Å². The zero-order chi connectivity index (χ0) is 18.6. The number of amides is 1. The van der Waals surface area contributed by atoms with Gasteiger partial charge < -0.3 is 9.80 Å². The normalized spacial score (nSPS) is 17.5. The lowest BCUT2D eigenvalue weighted by atomic mass is 9.95. The van der Waals surface area contributed by atoms with E-state index in [-0.39, 0.29) is 17.8 Å². The lowest BCUT2D eigenvalue weighted by Gasteiger charge is -2.40. The van der Waals surface area contributed by atoms with Crippen LogP contribution in [-0.2, 0) is 4.79 Å². The summed E-state index contributed by atoms with van der Waals surface area (Å²) in [4.78, 5) is 16.5. The average molecular weight is 346 g/mol. The van der Waals surface area contributed by atoms with Crippen molar-refractivity contribution in [3.05, 3.63) is 42.2 Å². The first-order chi connectivity index (χ1) is 11.8. The maximum Gasteiger partial charge on any atom is 0.224 e. The van der Waals surface area contributed by atoms with Crippen LogP contribution in [0.15, 0.2) is 36.4 Å². The molecule has 1 aromatic carbocycles. The molecule has 1 aliphatic heterocycles. The Bertz CT molecular complexity index is 588. The van der Waals surface area contributed by atoms with E-state index in [9.17, 15) is 9.18 Å². The van der Waals surface area contributed by atoms with E-state index in [0.717, 1.165) is 38.0 Å².